The molecule has 6 aromatic rings. The second-order valence-electron chi connectivity index (χ2n) is 15.2. The molecule has 4 heterocycles. The van der Waals surface area contributed by atoms with Crippen LogP contribution in [0.25, 0.3) is 44.5 Å². The largest absolute Gasteiger partial charge is 0.456 e. The normalized spacial score (nSPS) is 14.9. The molecule has 0 saturated carbocycles. The van der Waals surface area contributed by atoms with Gasteiger partial charge >= 0.3 is 12.2 Å². The maximum absolute atomic E-state index is 15.7. The summed E-state index contributed by atoms with van der Waals surface area (Å²) in [4.78, 5) is 81.4. The van der Waals surface area contributed by atoms with Gasteiger partial charge in [-0.1, -0.05) is 44.2 Å². The first kappa shape index (κ1) is 42.1. The van der Waals surface area contributed by atoms with Gasteiger partial charge in [0.2, 0.25) is 11.3 Å². The summed E-state index contributed by atoms with van der Waals surface area (Å²) in [6, 6.07) is 14.7. The summed E-state index contributed by atoms with van der Waals surface area (Å²) in [7, 11) is 2.48. The first-order valence-electron chi connectivity index (χ1n) is 20.1. The Bertz CT molecular complexity index is 2620. The van der Waals surface area contributed by atoms with Crippen LogP contribution in [0.4, 0.5) is 14.0 Å². The number of hydrogen-bond donors (Lipinski definition) is 5. The Morgan fingerprint density at radius 1 is 0.902 bits per heavy atom. The Labute approximate surface area is 349 Å². The number of halogens is 1. The number of carbonyl (C=O) groups excluding carboxylic acids is 4. The highest BCUT2D eigenvalue weighted by atomic mass is 19.1. The van der Waals surface area contributed by atoms with Gasteiger partial charge in [0.1, 0.15) is 40.7 Å². The number of aryl methyl sites for hydroxylation is 1. The van der Waals surface area contributed by atoms with Crippen LogP contribution < -0.4 is 21.4 Å². The van der Waals surface area contributed by atoms with Crippen LogP contribution in [0.2, 0.25) is 0 Å². The second kappa shape index (κ2) is 18.5. The molecule has 61 heavy (non-hydrogen) atoms. The summed E-state index contributed by atoms with van der Waals surface area (Å²) in [5.74, 6) is -0.162. The summed E-state index contributed by atoms with van der Waals surface area (Å²) in [5, 5.41) is 8.38. The summed E-state index contributed by atoms with van der Waals surface area (Å²) >= 11 is 0. The molecule has 3 unspecified atom stereocenters. The Kier molecular flexibility index (Phi) is 12.8. The molecule has 16 nitrogen and oxygen atoms in total. The van der Waals surface area contributed by atoms with Crippen molar-refractivity contribution in [3.05, 3.63) is 106 Å². The summed E-state index contributed by atoms with van der Waals surface area (Å²) < 4.78 is 31.3. The lowest BCUT2D eigenvalue weighted by Crippen LogP contribution is -2.49. The quantitative estimate of drug-likeness (QED) is 0.0598. The van der Waals surface area contributed by atoms with Crippen molar-refractivity contribution in [1.29, 1.82) is 0 Å². The fraction of sp³-hybridized carbons (Fsp3) is 0.341. The predicted octanol–water partition coefficient (Wildman–Crippen LogP) is 6.45. The number of aromatic amines is 2. The molecule has 3 aromatic carbocycles. The number of fused-ring (bicyclic) bond motifs is 2. The zero-order valence-electron chi connectivity index (χ0n) is 34.2. The number of ether oxygens (including phenoxy) is 2. The maximum Gasteiger partial charge on any atom is 0.407 e. The number of benzene rings is 3. The molecule has 0 bridgehead atoms. The van der Waals surface area contributed by atoms with Gasteiger partial charge < -0.3 is 44.7 Å². The van der Waals surface area contributed by atoms with E-state index < -0.39 is 35.5 Å². The minimum atomic E-state index is -0.954. The Morgan fingerprint density at radius 3 is 2.39 bits per heavy atom. The van der Waals surface area contributed by atoms with E-state index in [1.807, 2.05) is 19.9 Å². The lowest BCUT2D eigenvalue weighted by atomic mass is 10.0. The number of aromatic nitrogens is 4. The Balaban J connectivity index is 1.03. The number of methoxy groups -OCH3 is 2. The number of imidazole rings is 2. The number of hydrogen-bond acceptors (Lipinski definition) is 10. The average molecular weight is 835 g/mol. The van der Waals surface area contributed by atoms with Crippen LogP contribution >= 0.6 is 0 Å². The van der Waals surface area contributed by atoms with E-state index in [-0.39, 0.29) is 45.7 Å². The lowest BCUT2D eigenvalue weighted by molar-refractivity contribution is -0.134. The molecule has 4 amide bonds. The van der Waals surface area contributed by atoms with Gasteiger partial charge in [0.15, 0.2) is 0 Å². The van der Waals surface area contributed by atoms with Gasteiger partial charge in [-0.25, -0.2) is 23.9 Å². The van der Waals surface area contributed by atoms with Crippen molar-refractivity contribution in [3.8, 4) is 22.5 Å². The van der Waals surface area contributed by atoms with E-state index >= 15 is 4.39 Å². The molecule has 1 fully saturated rings. The van der Waals surface area contributed by atoms with E-state index in [1.54, 1.807) is 53.6 Å². The lowest BCUT2D eigenvalue weighted by Gasteiger charge is -2.28. The molecular formula is C44H47FN8O8. The van der Waals surface area contributed by atoms with Crippen molar-refractivity contribution in [2.24, 2.45) is 5.92 Å². The molecule has 3 atom stereocenters. The molecule has 3 aromatic heterocycles. The summed E-state index contributed by atoms with van der Waals surface area (Å²) in [6.07, 6.45) is 5.02. The number of H-pyrrole nitrogens is 2. The van der Waals surface area contributed by atoms with E-state index in [9.17, 15) is 24.0 Å². The molecule has 0 spiro atoms. The number of rotatable bonds is 14. The molecule has 318 valence electrons. The predicted molar refractivity (Wildman–Crippen MR) is 224 cm³/mol. The maximum atomic E-state index is 15.7. The van der Waals surface area contributed by atoms with Crippen LogP contribution in [0.15, 0.2) is 82.3 Å². The summed E-state index contributed by atoms with van der Waals surface area (Å²) in [5.41, 5.74) is 2.60. The SMILES string of the molecule is COC(=O)NC(C(=O)N1CCCC1c1ncc(-c2ccc3oc4cc(-c5cnc(CCCCNC(=O)C(NC(=O)OC)C(C)C)[nH]5)c(F)cc4c(=O)c3c2)[nH]1)c1ccccc1. The number of alkyl carbamates (subject to hydrolysis) is 2. The molecule has 1 aliphatic rings. The standard InChI is InChI=1S/C44H47FN8O8/c1-24(2)37(51-43(57)59-3)41(55)46-17-9-8-14-36-47-23-32(49-36)27-21-35-29(20-30(27)45)39(54)28-19-26(15-16-34(28)61-35)31-22-48-40(50-31)33-13-10-18-53(33)42(56)38(52-44(58)60-4)25-11-6-5-7-12-25/h5-7,11-12,15-16,19-24,33,37-38H,8-10,13-14,17-18H2,1-4H3,(H,46,55)(H,47,49)(H,48,50)(H,51,57)(H,52,58). The van der Waals surface area contributed by atoms with Crippen molar-refractivity contribution < 1.29 is 37.5 Å². The number of unbranched alkanes of at least 4 members (excludes halogenated alkanes) is 1. The summed E-state index contributed by atoms with van der Waals surface area (Å²) in [6.45, 7) is 4.52. The fourth-order valence-corrected chi connectivity index (χ4v) is 7.58. The van der Waals surface area contributed by atoms with Crippen LogP contribution in [0.3, 0.4) is 0 Å². The molecule has 0 aliphatic carbocycles. The van der Waals surface area contributed by atoms with E-state index in [4.69, 9.17) is 9.15 Å². The number of nitrogens with one attached hydrogen (secondary N) is 5. The highest BCUT2D eigenvalue weighted by molar-refractivity contribution is 5.93. The zero-order valence-corrected chi connectivity index (χ0v) is 34.2. The van der Waals surface area contributed by atoms with Gasteiger partial charge in [-0.3, -0.25) is 14.4 Å². The van der Waals surface area contributed by atoms with E-state index in [0.717, 1.165) is 6.42 Å². The zero-order chi connectivity index (χ0) is 43.2. The topological polar surface area (TPSA) is 214 Å². The molecule has 1 aliphatic heterocycles. The molecule has 0 radical (unpaired) electrons. The van der Waals surface area contributed by atoms with Crippen molar-refractivity contribution in [2.75, 3.05) is 27.3 Å². The Hall–Kier alpha value is -7.04. The average Bonchev–Trinajstić information content (AvgIpc) is 4.06. The van der Waals surface area contributed by atoms with Gasteiger partial charge in [0, 0.05) is 30.6 Å². The first-order chi connectivity index (χ1) is 29.4. The number of carbonyl (C=O) groups is 4. The highest BCUT2D eigenvalue weighted by Crippen LogP contribution is 2.35. The van der Waals surface area contributed by atoms with E-state index in [2.05, 4.69) is 40.6 Å². The fourth-order valence-electron chi connectivity index (χ4n) is 7.58. The van der Waals surface area contributed by atoms with Crippen molar-refractivity contribution in [1.82, 2.24) is 40.8 Å². The van der Waals surface area contributed by atoms with Crippen LogP contribution in [0.1, 0.15) is 68.8 Å². The number of nitrogens with zero attached hydrogens (tertiary/aromatic N) is 3. The molecule has 17 heteroatoms. The third-order valence-electron chi connectivity index (χ3n) is 10.8. The minimum Gasteiger partial charge on any atom is -0.456 e. The van der Waals surface area contributed by atoms with E-state index in [0.29, 0.717) is 78.5 Å². The van der Waals surface area contributed by atoms with Gasteiger partial charge in [-0.2, -0.15) is 0 Å². The Morgan fingerprint density at radius 2 is 1.64 bits per heavy atom. The number of likely N-dealkylation sites (tertiary alicyclic amines) is 1. The first-order valence-corrected chi connectivity index (χ1v) is 20.1. The monoisotopic (exact) mass is 834 g/mol. The highest BCUT2D eigenvalue weighted by Gasteiger charge is 2.37. The smallest absolute Gasteiger partial charge is 0.407 e. The van der Waals surface area contributed by atoms with Crippen molar-refractivity contribution in [3.63, 3.8) is 0 Å². The van der Waals surface area contributed by atoms with Gasteiger partial charge in [-0.05, 0) is 67.5 Å². The van der Waals surface area contributed by atoms with Crippen LogP contribution in [0, 0.1) is 11.7 Å². The number of amides is 4. The van der Waals surface area contributed by atoms with Crippen molar-refractivity contribution >= 4 is 45.9 Å². The van der Waals surface area contributed by atoms with Crippen LogP contribution in [-0.2, 0) is 25.5 Å². The van der Waals surface area contributed by atoms with Crippen LogP contribution in [-0.4, -0.2) is 82.2 Å². The van der Waals surface area contributed by atoms with E-state index in [1.165, 1.54) is 32.5 Å². The van der Waals surface area contributed by atoms with Crippen LogP contribution in [0.5, 0.6) is 0 Å². The minimum absolute atomic E-state index is 0.0770. The van der Waals surface area contributed by atoms with Gasteiger partial charge in [0.05, 0.1) is 54.8 Å². The molecule has 1 saturated heterocycles. The third kappa shape index (κ3) is 9.25. The third-order valence-corrected chi connectivity index (χ3v) is 10.8. The molecular weight excluding hydrogens is 788 g/mol. The molecule has 7 rings (SSSR count). The van der Waals surface area contributed by atoms with Gasteiger partial charge in [-0.15, -0.1) is 0 Å². The van der Waals surface area contributed by atoms with Crippen molar-refractivity contribution in [2.45, 2.75) is 64.1 Å². The van der Waals surface area contributed by atoms with Gasteiger partial charge in [0.25, 0.3) is 5.91 Å². The molecule has 5 N–H and O–H groups in total. The second-order valence-corrected chi connectivity index (χ2v) is 15.2.